The first-order valence-electron chi connectivity index (χ1n) is 8.01. The van der Waals surface area contributed by atoms with Crippen molar-refractivity contribution < 1.29 is 0 Å². The summed E-state index contributed by atoms with van der Waals surface area (Å²) in [6.45, 7) is 7.02. The van der Waals surface area contributed by atoms with Crippen LogP contribution in [0.4, 0.5) is 5.13 Å². The van der Waals surface area contributed by atoms with Crippen LogP contribution in [-0.4, -0.2) is 51.9 Å². The van der Waals surface area contributed by atoms with Crippen LogP contribution < -0.4 is 4.90 Å². The van der Waals surface area contributed by atoms with Crippen molar-refractivity contribution in [2.45, 2.75) is 38.6 Å². The first-order valence-corrected chi connectivity index (χ1v) is 8.83. The number of hydrogen-bond acceptors (Lipinski definition) is 5. The van der Waals surface area contributed by atoms with E-state index >= 15 is 0 Å². The molecule has 2 fully saturated rings. The number of nitrogens with zero attached hydrogens (tertiary/aromatic N) is 5. The largest absolute Gasteiger partial charge is 0.344 e. The van der Waals surface area contributed by atoms with Crippen LogP contribution in [-0.2, 0) is 7.05 Å². The van der Waals surface area contributed by atoms with Crippen molar-refractivity contribution >= 4 is 26.8 Å². The fraction of sp³-hybridized carbons (Fsp3) is 0.733. The summed E-state index contributed by atoms with van der Waals surface area (Å²) >= 11 is 1.82. The van der Waals surface area contributed by atoms with Gasteiger partial charge in [0.1, 0.15) is 0 Å². The number of fused-ring (bicyclic) bond motifs is 1. The molecule has 0 radical (unpaired) electrons. The van der Waals surface area contributed by atoms with E-state index in [-0.39, 0.29) is 0 Å². The quantitative estimate of drug-likeness (QED) is 0.872. The van der Waals surface area contributed by atoms with Crippen LogP contribution >= 0.6 is 11.3 Å². The number of aryl methyl sites for hydroxylation is 2. The van der Waals surface area contributed by atoms with Crippen molar-refractivity contribution in [2.24, 2.45) is 7.05 Å². The zero-order valence-corrected chi connectivity index (χ0v) is 13.7. The van der Waals surface area contributed by atoms with Crippen LogP contribution in [0.2, 0.25) is 0 Å². The third kappa shape index (κ3) is 2.34. The molecule has 6 heteroatoms. The van der Waals surface area contributed by atoms with E-state index in [4.69, 9.17) is 4.98 Å². The Morgan fingerprint density at radius 1 is 1.19 bits per heavy atom. The van der Waals surface area contributed by atoms with E-state index < -0.39 is 0 Å². The van der Waals surface area contributed by atoms with Gasteiger partial charge in [-0.3, -0.25) is 0 Å². The Hall–Kier alpha value is -1.14. The maximum Gasteiger partial charge on any atom is 0.188 e. The van der Waals surface area contributed by atoms with Gasteiger partial charge >= 0.3 is 0 Å². The number of hydrogen-bond donors (Lipinski definition) is 0. The van der Waals surface area contributed by atoms with E-state index in [1.165, 1.54) is 55.1 Å². The third-order valence-electron chi connectivity index (χ3n) is 4.82. The molecule has 4 rings (SSSR count). The second-order valence-electron chi connectivity index (χ2n) is 6.36. The lowest BCUT2D eigenvalue weighted by molar-refractivity contribution is 0.314. The Balaban J connectivity index is 1.58. The highest BCUT2D eigenvalue weighted by atomic mass is 32.1. The molecule has 0 unspecified atom stereocenters. The normalized spacial score (nSPS) is 23.7. The fourth-order valence-corrected chi connectivity index (χ4v) is 4.87. The van der Waals surface area contributed by atoms with E-state index in [1.807, 2.05) is 23.1 Å². The second kappa shape index (κ2) is 5.25. The molecule has 0 amide bonds. The number of aromatic nitrogens is 3. The van der Waals surface area contributed by atoms with Gasteiger partial charge in [0.05, 0.1) is 10.4 Å². The van der Waals surface area contributed by atoms with Crippen molar-refractivity contribution in [2.75, 3.05) is 31.1 Å². The molecule has 0 spiro atoms. The Morgan fingerprint density at radius 3 is 2.76 bits per heavy atom. The summed E-state index contributed by atoms with van der Waals surface area (Å²) in [5, 5.41) is 5.65. The van der Waals surface area contributed by atoms with E-state index in [9.17, 15) is 0 Å². The maximum atomic E-state index is 4.87. The molecule has 0 aliphatic carbocycles. The first kappa shape index (κ1) is 13.5. The van der Waals surface area contributed by atoms with Crippen molar-refractivity contribution in [3.63, 3.8) is 0 Å². The SMILES string of the molecule is Cc1nn(C)c2nc(N3CCC[C@H]3CN3CCCC3)sc12. The van der Waals surface area contributed by atoms with E-state index in [0.717, 1.165) is 17.9 Å². The molecule has 114 valence electrons. The number of thiazole rings is 1. The predicted molar refractivity (Wildman–Crippen MR) is 87.2 cm³/mol. The standard InChI is InChI=1S/C15H23N5S/c1-11-13-14(18(2)17-11)16-15(21-13)20-9-5-6-12(20)10-19-7-3-4-8-19/h12H,3-10H2,1-2H3/t12-/m0/s1. The van der Waals surface area contributed by atoms with Gasteiger partial charge in [-0.15, -0.1) is 0 Å². The molecule has 1 atom stereocenters. The summed E-state index contributed by atoms with van der Waals surface area (Å²) in [5.41, 5.74) is 2.14. The van der Waals surface area contributed by atoms with Crippen LogP contribution in [0, 0.1) is 6.92 Å². The average molecular weight is 305 g/mol. The molecule has 5 nitrogen and oxygen atoms in total. The Labute approximate surface area is 129 Å². The summed E-state index contributed by atoms with van der Waals surface area (Å²) < 4.78 is 3.16. The van der Waals surface area contributed by atoms with Crippen molar-refractivity contribution in [1.29, 1.82) is 0 Å². The van der Waals surface area contributed by atoms with Gasteiger partial charge in [-0.2, -0.15) is 5.10 Å². The van der Waals surface area contributed by atoms with Crippen LogP contribution in [0.5, 0.6) is 0 Å². The van der Waals surface area contributed by atoms with Crippen LogP contribution in [0.1, 0.15) is 31.4 Å². The fourth-order valence-electron chi connectivity index (χ4n) is 3.74. The monoisotopic (exact) mass is 305 g/mol. The van der Waals surface area contributed by atoms with Gasteiger partial charge in [-0.25, -0.2) is 9.67 Å². The highest BCUT2D eigenvalue weighted by Crippen LogP contribution is 2.34. The lowest BCUT2D eigenvalue weighted by Crippen LogP contribution is -2.39. The summed E-state index contributed by atoms with van der Waals surface area (Å²) in [4.78, 5) is 10.0. The van der Waals surface area contributed by atoms with Crippen molar-refractivity contribution in [3.05, 3.63) is 5.69 Å². The molecule has 2 aliphatic rings. The van der Waals surface area contributed by atoms with Crippen molar-refractivity contribution in [3.8, 4) is 0 Å². The highest BCUT2D eigenvalue weighted by Gasteiger charge is 2.30. The number of rotatable bonds is 3. The molecule has 0 N–H and O–H groups in total. The Kier molecular flexibility index (Phi) is 3.38. The molecular weight excluding hydrogens is 282 g/mol. The summed E-state index contributed by atoms with van der Waals surface area (Å²) in [7, 11) is 1.99. The minimum Gasteiger partial charge on any atom is -0.344 e. The summed E-state index contributed by atoms with van der Waals surface area (Å²) in [6, 6.07) is 0.650. The zero-order chi connectivity index (χ0) is 14.4. The van der Waals surface area contributed by atoms with Gasteiger partial charge in [-0.1, -0.05) is 11.3 Å². The van der Waals surface area contributed by atoms with Crippen LogP contribution in [0.15, 0.2) is 0 Å². The maximum absolute atomic E-state index is 4.87. The average Bonchev–Trinajstić information content (AvgIpc) is 3.19. The van der Waals surface area contributed by atoms with E-state index in [0.29, 0.717) is 6.04 Å². The molecule has 0 saturated carbocycles. The van der Waals surface area contributed by atoms with Gasteiger partial charge < -0.3 is 9.80 Å². The minimum atomic E-state index is 0.650. The molecule has 0 bridgehead atoms. The molecule has 0 aromatic carbocycles. The molecule has 21 heavy (non-hydrogen) atoms. The third-order valence-corrected chi connectivity index (χ3v) is 6.01. The molecule has 2 aromatic heterocycles. The summed E-state index contributed by atoms with van der Waals surface area (Å²) in [5.74, 6) is 0. The first-order chi connectivity index (χ1) is 10.2. The lowest BCUT2D eigenvalue weighted by Gasteiger charge is -2.28. The molecule has 2 saturated heterocycles. The van der Waals surface area contributed by atoms with Gasteiger partial charge in [0.25, 0.3) is 0 Å². The highest BCUT2D eigenvalue weighted by molar-refractivity contribution is 7.22. The van der Waals surface area contributed by atoms with Crippen LogP contribution in [0.25, 0.3) is 10.3 Å². The van der Waals surface area contributed by atoms with Crippen molar-refractivity contribution in [1.82, 2.24) is 19.7 Å². The molecule has 4 heterocycles. The van der Waals surface area contributed by atoms with Gasteiger partial charge in [0.15, 0.2) is 10.8 Å². The minimum absolute atomic E-state index is 0.650. The topological polar surface area (TPSA) is 37.2 Å². The summed E-state index contributed by atoms with van der Waals surface area (Å²) in [6.07, 6.45) is 5.35. The second-order valence-corrected chi connectivity index (χ2v) is 7.33. The lowest BCUT2D eigenvalue weighted by atomic mass is 10.2. The smallest absolute Gasteiger partial charge is 0.188 e. The van der Waals surface area contributed by atoms with Crippen LogP contribution in [0.3, 0.4) is 0 Å². The van der Waals surface area contributed by atoms with E-state index in [2.05, 4.69) is 21.8 Å². The number of anilines is 1. The van der Waals surface area contributed by atoms with Gasteiger partial charge in [0.2, 0.25) is 0 Å². The zero-order valence-electron chi connectivity index (χ0n) is 12.9. The molecule has 2 aromatic rings. The Bertz CT molecular complexity index is 605. The van der Waals surface area contributed by atoms with E-state index in [1.54, 1.807) is 0 Å². The van der Waals surface area contributed by atoms with Gasteiger partial charge in [-0.05, 0) is 45.7 Å². The Morgan fingerprint density at radius 2 is 2.00 bits per heavy atom. The predicted octanol–water partition coefficient (Wildman–Crippen LogP) is 2.40. The molecule has 2 aliphatic heterocycles. The van der Waals surface area contributed by atoms with Gasteiger partial charge in [0, 0.05) is 26.2 Å². The molecular formula is C15H23N5S. The number of likely N-dealkylation sites (tertiary alicyclic amines) is 1.